The number of hydrogen-bond donors (Lipinski definition) is 1. The summed E-state index contributed by atoms with van der Waals surface area (Å²) in [6.45, 7) is 4.52. The molecule has 0 radical (unpaired) electrons. The molecule has 1 atom stereocenters. The van der Waals surface area contributed by atoms with Gasteiger partial charge in [0.2, 0.25) is 0 Å². The lowest BCUT2D eigenvalue weighted by molar-refractivity contribution is 0.357. The van der Waals surface area contributed by atoms with Gasteiger partial charge in [0.05, 0.1) is 12.8 Å². The average Bonchev–Trinajstić information content (AvgIpc) is 2.31. The third-order valence-corrected chi connectivity index (χ3v) is 4.77. The summed E-state index contributed by atoms with van der Waals surface area (Å²) in [4.78, 5) is 0. The van der Waals surface area contributed by atoms with Crippen LogP contribution in [0.2, 0.25) is 0 Å². The summed E-state index contributed by atoms with van der Waals surface area (Å²) >= 11 is 1.93. The Labute approximate surface area is 112 Å². The van der Waals surface area contributed by atoms with E-state index >= 15 is 0 Å². The van der Waals surface area contributed by atoms with Crippen LogP contribution >= 0.6 is 11.8 Å². The van der Waals surface area contributed by atoms with E-state index in [9.17, 15) is 4.39 Å². The molecule has 0 aliphatic carbocycles. The topological polar surface area (TPSA) is 21.3 Å². The SMILES string of the molecule is COc1ccc(F)c(NC2CSCC(C)(C)C2)c1. The van der Waals surface area contributed by atoms with Crippen LogP contribution in [0.15, 0.2) is 18.2 Å². The highest BCUT2D eigenvalue weighted by molar-refractivity contribution is 7.99. The van der Waals surface area contributed by atoms with Crippen LogP contribution in [0.3, 0.4) is 0 Å². The number of halogens is 1. The van der Waals surface area contributed by atoms with Crippen LogP contribution in [0.1, 0.15) is 20.3 Å². The van der Waals surface area contributed by atoms with Crippen molar-refractivity contribution in [3.8, 4) is 5.75 Å². The zero-order valence-corrected chi connectivity index (χ0v) is 11.9. The van der Waals surface area contributed by atoms with Gasteiger partial charge in [-0.3, -0.25) is 0 Å². The molecule has 1 aliphatic heterocycles. The van der Waals surface area contributed by atoms with Gasteiger partial charge in [-0.05, 0) is 29.7 Å². The number of rotatable bonds is 3. The predicted octanol–water partition coefficient (Wildman–Crippen LogP) is 3.78. The van der Waals surface area contributed by atoms with Crippen LogP contribution in [0.4, 0.5) is 10.1 Å². The lowest BCUT2D eigenvalue weighted by Crippen LogP contribution is -2.35. The van der Waals surface area contributed by atoms with Crippen LogP contribution in [0.5, 0.6) is 5.75 Å². The molecular formula is C14H20FNOS. The number of hydrogen-bond acceptors (Lipinski definition) is 3. The quantitative estimate of drug-likeness (QED) is 0.902. The Morgan fingerprint density at radius 3 is 2.89 bits per heavy atom. The van der Waals surface area contributed by atoms with E-state index in [1.165, 1.54) is 11.8 Å². The van der Waals surface area contributed by atoms with Gasteiger partial charge >= 0.3 is 0 Å². The third-order valence-electron chi connectivity index (χ3n) is 3.14. The Balaban J connectivity index is 2.09. The van der Waals surface area contributed by atoms with Crippen molar-refractivity contribution >= 4 is 17.4 Å². The summed E-state index contributed by atoms with van der Waals surface area (Å²) in [6.07, 6.45) is 1.07. The molecule has 1 fully saturated rings. The van der Waals surface area contributed by atoms with Gasteiger partial charge < -0.3 is 10.1 Å². The molecule has 0 aromatic heterocycles. The van der Waals surface area contributed by atoms with Crippen molar-refractivity contribution in [2.45, 2.75) is 26.3 Å². The van der Waals surface area contributed by atoms with E-state index in [1.54, 1.807) is 19.2 Å². The first-order valence-corrected chi connectivity index (χ1v) is 7.33. The second-order valence-electron chi connectivity index (χ2n) is 5.57. The maximum Gasteiger partial charge on any atom is 0.146 e. The summed E-state index contributed by atoms with van der Waals surface area (Å²) in [7, 11) is 1.59. The van der Waals surface area contributed by atoms with Gasteiger partial charge in [0.25, 0.3) is 0 Å². The third kappa shape index (κ3) is 3.31. The van der Waals surface area contributed by atoms with E-state index in [4.69, 9.17) is 4.74 Å². The molecule has 100 valence electrons. The monoisotopic (exact) mass is 269 g/mol. The Hall–Kier alpha value is -0.900. The highest BCUT2D eigenvalue weighted by atomic mass is 32.2. The normalized spacial score (nSPS) is 22.6. The van der Waals surface area contributed by atoms with Crippen LogP contribution in [-0.2, 0) is 0 Å². The summed E-state index contributed by atoms with van der Waals surface area (Å²) in [5.74, 6) is 2.66. The maximum atomic E-state index is 13.7. The first kappa shape index (κ1) is 13.5. The van der Waals surface area contributed by atoms with Gasteiger partial charge in [0, 0.05) is 17.9 Å². The second-order valence-corrected chi connectivity index (χ2v) is 6.60. The number of anilines is 1. The van der Waals surface area contributed by atoms with E-state index in [0.29, 0.717) is 22.9 Å². The molecule has 1 aromatic rings. The second kappa shape index (κ2) is 5.39. The molecular weight excluding hydrogens is 249 g/mol. The Morgan fingerprint density at radius 1 is 1.44 bits per heavy atom. The maximum absolute atomic E-state index is 13.7. The zero-order chi connectivity index (χ0) is 13.2. The first-order valence-electron chi connectivity index (χ1n) is 6.18. The molecule has 0 saturated carbocycles. The molecule has 0 bridgehead atoms. The summed E-state index contributed by atoms with van der Waals surface area (Å²) in [5, 5.41) is 3.30. The van der Waals surface area contributed by atoms with E-state index in [0.717, 1.165) is 12.2 Å². The van der Waals surface area contributed by atoms with Crippen LogP contribution in [0, 0.1) is 11.2 Å². The number of methoxy groups -OCH3 is 1. The summed E-state index contributed by atoms with van der Waals surface area (Å²) in [6, 6.07) is 5.13. The minimum Gasteiger partial charge on any atom is -0.497 e. The number of nitrogens with one attached hydrogen (secondary N) is 1. The van der Waals surface area contributed by atoms with E-state index in [-0.39, 0.29) is 5.82 Å². The molecule has 1 heterocycles. The van der Waals surface area contributed by atoms with Gasteiger partial charge in [-0.15, -0.1) is 0 Å². The molecule has 0 spiro atoms. The van der Waals surface area contributed by atoms with E-state index < -0.39 is 0 Å². The first-order chi connectivity index (χ1) is 8.50. The van der Waals surface area contributed by atoms with E-state index in [1.807, 2.05) is 11.8 Å². The predicted molar refractivity (Wildman–Crippen MR) is 76.1 cm³/mol. The minimum atomic E-state index is -0.218. The van der Waals surface area contributed by atoms with Crippen molar-refractivity contribution in [2.75, 3.05) is 23.9 Å². The van der Waals surface area contributed by atoms with Crippen molar-refractivity contribution in [1.82, 2.24) is 0 Å². The fraction of sp³-hybridized carbons (Fsp3) is 0.571. The molecule has 4 heteroatoms. The number of ether oxygens (including phenoxy) is 1. The highest BCUT2D eigenvalue weighted by Crippen LogP contribution is 2.35. The van der Waals surface area contributed by atoms with Gasteiger partial charge in [-0.2, -0.15) is 11.8 Å². The van der Waals surface area contributed by atoms with Crippen molar-refractivity contribution in [3.05, 3.63) is 24.0 Å². The fourth-order valence-corrected chi connectivity index (χ4v) is 3.59. The summed E-state index contributed by atoms with van der Waals surface area (Å²) < 4.78 is 18.9. The number of thioether (sulfide) groups is 1. The van der Waals surface area contributed by atoms with Crippen LogP contribution in [0.25, 0.3) is 0 Å². The smallest absolute Gasteiger partial charge is 0.146 e. The average molecular weight is 269 g/mol. The molecule has 1 N–H and O–H groups in total. The lowest BCUT2D eigenvalue weighted by atomic mass is 9.88. The number of benzene rings is 1. The molecule has 2 rings (SSSR count). The minimum absolute atomic E-state index is 0.218. The largest absolute Gasteiger partial charge is 0.497 e. The van der Waals surface area contributed by atoms with Crippen molar-refractivity contribution in [1.29, 1.82) is 0 Å². The van der Waals surface area contributed by atoms with Crippen LogP contribution in [-0.4, -0.2) is 24.7 Å². The molecule has 1 unspecified atom stereocenters. The molecule has 1 aliphatic rings. The zero-order valence-electron chi connectivity index (χ0n) is 11.1. The van der Waals surface area contributed by atoms with Crippen molar-refractivity contribution in [2.24, 2.45) is 5.41 Å². The van der Waals surface area contributed by atoms with Crippen LogP contribution < -0.4 is 10.1 Å². The van der Waals surface area contributed by atoms with Crippen molar-refractivity contribution < 1.29 is 9.13 Å². The Bertz CT molecular complexity index is 422. The molecule has 0 amide bonds. The highest BCUT2D eigenvalue weighted by Gasteiger charge is 2.28. The fourth-order valence-electron chi connectivity index (χ4n) is 2.32. The van der Waals surface area contributed by atoms with Gasteiger partial charge in [0.15, 0.2) is 0 Å². The Morgan fingerprint density at radius 2 is 2.22 bits per heavy atom. The summed E-state index contributed by atoms with van der Waals surface area (Å²) in [5.41, 5.74) is 0.855. The molecule has 2 nitrogen and oxygen atoms in total. The molecule has 1 saturated heterocycles. The van der Waals surface area contributed by atoms with E-state index in [2.05, 4.69) is 19.2 Å². The molecule has 18 heavy (non-hydrogen) atoms. The van der Waals surface area contributed by atoms with Gasteiger partial charge in [-0.1, -0.05) is 13.8 Å². The lowest BCUT2D eigenvalue weighted by Gasteiger charge is -2.35. The Kier molecular flexibility index (Phi) is 4.05. The van der Waals surface area contributed by atoms with Gasteiger partial charge in [-0.25, -0.2) is 4.39 Å². The standard InChI is InChI=1S/C14H20FNOS/c1-14(2)7-10(8-18-9-14)16-13-6-11(17-3)4-5-12(13)15/h4-6,10,16H,7-9H2,1-3H3. The van der Waals surface area contributed by atoms with Gasteiger partial charge in [0.1, 0.15) is 11.6 Å². The molecule has 1 aromatic carbocycles. The van der Waals surface area contributed by atoms with Crippen molar-refractivity contribution in [3.63, 3.8) is 0 Å².